The Morgan fingerprint density at radius 2 is 2.17 bits per heavy atom. The van der Waals surface area contributed by atoms with Gasteiger partial charge in [-0.3, -0.25) is 4.90 Å². The van der Waals surface area contributed by atoms with E-state index in [2.05, 4.69) is 17.7 Å². The molecule has 2 nitrogen and oxygen atoms in total. The molecule has 0 heterocycles. The second kappa shape index (κ2) is 7.15. The predicted molar refractivity (Wildman–Crippen MR) is 51.9 cm³/mol. The quantitative estimate of drug-likeness (QED) is 0.475. The first-order chi connectivity index (χ1) is 5.72. The molecule has 0 radical (unpaired) electrons. The molecule has 1 atom stereocenters. The smallest absolute Gasteiger partial charge is 0.0598 e. The number of aliphatic hydroxyl groups is 1. The molecule has 0 spiro atoms. The standard InChI is InChI=1S/C10H19NO/c1-4-8-11(3)10(2)7-5-6-9-12/h1,10,12H,5-9H2,2-3H3. The Morgan fingerprint density at radius 3 is 2.67 bits per heavy atom. The van der Waals surface area contributed by atoms with Gasteiger partial charge in [-0.2, -0.15) is 0 Å². The number of aliphatic hydroxyl groups excluding tert-OH is 1. The number of unbranched alkanes of at least 4 members (excludes halogenated alkanes) is 1. The average molecular weight is 169 g/mol. The zero-order valence-electron chi connectivity index (χ0n) is 8.08. The number of terminal acetylenes is 1. The van der Waals surface area contributed by atoms with Crippen LogP contribution < -0.4 is 0 Å². The van der Waals surface area contributed by atoms with Crippen molar-refractivity contribution in [2.24, 2.45) is 0 Å². The third-order valence-corrected chi connectivity index (χ3v) is 2.12. The van der Waals surface area contributed by atoms with Crippen LogP contribution in [0.2, 0.25) is 0 Å². The summed E-state index contributed by atoms with van der Waals surface area (Å²) >= 11 is 0. The summed E-state index contributed by atoms with van der Waals surface area (Å²) in [5.74, 6) is 2.62. The molecule has 0 amide bonds. The summed E-state index contributed by atoms with van der Waals surface area (Å²) in [7, 11) is 2.03. The largest absolute Gasteiger partial charge is 0.396 e. The molecule has 2 heteroatoms. The van der Waals surface area contributed by atoms with Crippen molar-refractivity contribution < 1.29 is 5.11 Å². The third kappa shape index (κ3) is 5.17. The summed E-state index contributed by atoms with van der Waals surface area (Å²) < 4.78 is 0. The highest BCUT2D eigenvalue weighted by molar-refractivity contribution is 4.88. The van der Waals surface area contributed by atoms with Crippen LogP contribution >= 0.6 is 0 Å². The fourth-order valence-electron chi connectivity index (χ4n) is 1.07. The van der Waals surface area contributed by atoms with Gasteiger partial charge in [-0.25, -0.2) is 0 Å². The van der Waals surface area contributed by atoms with Gasteiger partial charge in [0.25, 0.3) is 0 Å². The van der Waals surface area contributed by atoms with Crippen LogP contribution in [0.25, 0.3) is 0 Å². The zero-order valence-corrected chi connectivity index (χ0v) is 8.08. The number of hydrogen-bond donors (Lipinski definition) is 1. The van der Waals surface area contributed by atoms with Crippen LogP contribution in [-0.4, -0.2) is 36.2 Å². The minimum atomic E-state index is 0.297. The van der Waals surface area contributed by atoms with Crippen molar-refractivity contribution in [2.45, 2.75) is 32.2 Å². The molecule has 0 saturated heterocycles. The Labute approximate surface area is 75.6 Å². The Morgan fingerprint density at radius 1 is 1.50 bits per heavy atom. The van der Waals surface area contributed by atoms with Gasteiger partial charge in [0.2, 0.25) is 0 Å². The Hall–Kier alpha value is -0.520. The van der Waals surface area contributed by atoms with Crippen molar-refractivity contribution in [3.05, 3.63) is 0 Å². The maximum absolute atomic E-state index is 8.58. The van der Waals surface area contributed by atoms with Crippen molar-refractivity contribution in [2.75, 3.05) is 20.2 Å². The van der Waals surface area contributed by atoms with E-state index in [-0.39, 0.29) is 0 Å². The molecular weight excluding hydrogens is 150 g/mol. The zero-order chi connectivity index (χ0) is 9.40. The van der Waals surface area contributed by atoms with E-state index in [1.807, 2.05) is 7.05 Å². The fourth-order valence-corrected chi connectivity index (χ4v) is 1.07. The number of nitrogens with zero attached hydrogens (tertiary/aromatic N) is 1. The molecule has 0 aliphatic rings. The molecule has 0 bridgehead atoms. The van der Waals surface area contributed by atoms with Gasteiger partial charge in [0, 0.05) is 12.6 Å². The van der Waals surface area contributed by atoms with Crippen LogP contribution in [0.1, 0.15) is 26.2 Å². The molecule has 12 heavy (non-hydrogen) atoms. The molecule has 0 aliphatic heterocycles. The predicted octanol–water partition coefficient (Wildman–Crippen LogP) is 1.10. The van der Waals surface area contributed by atoms with Gasteiger partial charge in [0.1, 0.15) is 0 Å². The molecule has 0 saturated carbocycles. The molecule has 0 aliphatic carbocycles. The maximum Gasteiger partial charge on any atom is 0.0598 e. The van der Waals surface area contributed by atoms with E-state index in [1.54, 1.807) is 0 Å². The maximum atomic E-state index is 8.58. The summed E-state index contributed by atoms with van der Waals surface area (Å²) in [5, 5.41) is 8.58. The lowest BCUT2D eigenvalue weighted by Crippen LogP contribution is -2.29. The van der Waals surface area contributed by atoms with Crippen molar-refractivity contribution in [1.29, 1.82) is 0 Å². The van der Waals surface area contributed by atoms with E-state index in [9.17, 15) is 0 Å². The highest BCUT2D eigenvalue weighted by Gasteiger charge is 2.06. The molecule has 70 valence electrons. The summed E-state index contributed by atoms with van der Waals surface area (Å²) in [6.45, 7) is 3.17. The lowest BCUT2D eigenvalue weighted by molar-refractivity contribution is 0.248. The van der Waals surface area contributed by atoms with Crippen LogP contribution in [0.15, 0.2) is 0 Å². The van der Waals surface area contributed by atoms with Gasteiger partial charge in [-0.1, -0.05) is 5.92 Å². The minimum Gasteiger partial charge on any atom is -0.396 e. The minimum absolute atomic E-state index is 0.297. The lowest BCUT2D eigenvalue weighted by Gasteiger charge is -2.21. The Kier molecular flexibility index (Phi) is 6.84. The Bertz CT molecular complexity index is 139. The second-order valence-electron chi connectivity index (χ2n) is 3.19. The number of hydrogen-bond acceptors (Lipinski definition) is 2. The van der Waals surface area contributed by atoms with Crippen molar-refractivity contribution in [1.82, 2.24) is 4.90 Å². The van der Waals surface area contributed by atoms with E-state index in [0.29, 0.717) is 19.2 Å². The van der Waals surface area contributed by atoms with Gasteiger partial charge < -0.3 is 5.11 Å². The van der Waals surface area contributed by atoms with Gasteiger partial charge >= 0.3 is 0 Å². The lowest BCUT2D eigenvalue weighted by atomic mass is 10.1. The molecule has 0 fully saturated rings. The highest BCUT2D eigenvalue weighted by Crippen LogP contribution is 2.05. The summed E-state index contributed by atoms with van der Waals surface area (Å²) in [6, 6.07) is 0.521. The third-order valence-electron chi connectivity index (χ3n) is 2.12. The summed E-state index contributed by atoms with van der Waals surface area (Å²) in [6.07, 6.45) is 8.27. The van der Waals surface area contributed by atoms with Crippen LogP contribution in [0, 0.1) is 12.3 Å². The van der Waals surface area contributed by atoms with E-state index >= 15 is 0 Å². The average Bonchev–Trinajstić information content (AvgIpc) is 2.05. The van der Waals surface area contributed by atoms with Gasteiger partial charge in [-0.05, 0) is 33.2 Å². The van der Waals surface area contributed by atoms with Crippen molar-refractivity contribution in [3.63, 3.8) is 0 Å². The monoisotopic (exact) mass is 169 g/mol. The van der Waals surface area contributed by atoms with Gasteiger partial charge in [-0.15, -0.1) is 6.42 Å². The molecule has 0 aromatic rings. The molecule has 1 unspecified atom stereocenters. The molecular formula is C10H19NO. The first-order valence-electron chi connectivity index (χ1n) is 4.47. The molecule has 0 aromatic heterocycles. The second-order valence-corrected chi connectivity index (χ2v) is 3.19. The van der Waals surface area contributed by atoms with E-state index in [4.69, 9.17) is 11.5 Å². The Balaban J connectivity index is 3.43. The molecule has 0 aromatic carbocycles. The SMILES string of the molecule is C#CCN(C)C(C)CCCCO. The number of rotatable bonds is 6. The van der Waals surface area contributed by atoms with Gasteiger partial charge in [0.15, 0.2) is 0 Å². The summed E-state index contributed by atoms with van der Waals surface area (Å²) in [4.78, 5) is 2.15. The fraction of sp³-hybridized carbons (Fsp3) is 0.800. The molecule has 1 N–H and O–H groups in total. The van der Waals surface area contributed by atoms with Crippen LogP contribution in [0.5, 0.6) is 0 Å². The normalized spacial score (nSPS) is 12.9. The van der Waals surface area contributed by atoms with Crippen LogP contribution in [-0.2, 0) is 0 Å². The van der Waals surface area contributed by atoms with Crippen LogP contribution in [0.3, 0.4) is 0 Å². The first-order valence-corrected chi connectivity index (χ1v) is 4.47. The van der Waals surface area contributed by atoms with Crippen molar-refractivity contribution in [3.8, 4) is 12.3 Å². The van der Waals surface area contributed by atoms with Gasteiger partial charge in [0.05, 0.1) is 6.54 Å². The molecule has 0 rings (SSSR count). The van der Waals surface area contributed by atoms with E-state index in [0.717, 1.165) is 19.3 Å². The first kappa shape index (κ1) is 11.5. The van der Waals surface area contributed by atoms with Crippen LogP contribution in [0.4, 0.5) is 0 Å². The van der Waals surface area contributed by atoms with E-state index in [1.165, 1.54) is 0 Å². The van der Waals surface area contributed by atoms with Crippen molar-refractivity contribution >= 4 is 0 Å². The highest BCUT2D eigenvalue weighted by atomic mass is 16.2. The summed E-state index contributed by atoms with van der Waals surface area (Å²) in [5.41, 5.74) is 0. The van der Waals surface area contributed by atoms with E-state index < -0.39 is 0 Å². The topological polar surface area (TPSA) is 23.5 Å².